The average Bonchev–Trinajstić information content (AvgIpc) is 4.10. The third-order valence-electron chi connectivity index (χ3n) is 11.7. The highest BCUT2D eigenvalue weighted by molar-refractivity contribution is 6.19. The van der Waals surface area contributed by atoms with Crippen LogP contribution in [0.1, 0.15) is 53.4 Å². The Labute approximate surface area is 353 Å². The van der Waals surface area contributed by atoms with E-state index in [9.17, 15) is 28.8 Å². The van der Waals surface area contributed by atoms with Crippen LogP contribution in [-0.2, 0) is 28.7 Å². The summed E-state index contributed by atoms with van der Waals surface area (Å²) in [7, 11) is 2.49. The molecule has 3 aromatic carbocycles. The van der Waals surface area contributed by atoms with E-state index in [-0.39, 0.29) is 35.5 Å². The molecular weight excluding hydrogens is 781 g/mol. The normalized spacial score (nSPS) is 17.4. The third kappa shape index (κ3) is 8.68. The van der Waals surface area contributed by atoms with Gasteiger partial charge in [0.2, 0.25) is 23.6 Å². The lowest BCUT2D eigenvalue weighted by atomic mass is 9.92. The van der Waals surface area contributed by atoms with E-state index < -0.39 is 36.4 Å². The Morgan fingerprint density at radius 1 is 0.574 bits per heavy atom. The van der Waals surface area contributed by atoms with E-state index in [1.807, 2.05) is 100 Å². The Balaban J connectivity index is 1.04. The van der Waals surface area contributed by atoms with Gasteiger partial charge in [-0.25, -0.2) is 9.59 Å². The lowest BCUT2D eigenvalue weighted by molar-refractivity contribution is -0.139. The highest BCUT2D eigenvalue weighted by Gasteiger charge is 2.40. The Bertz CT molecular complexity index is 2260. The number of anilines is 2. The van der Waals surface area contributed by atoms with Crippen LogP contribution in [0.4, 0.5) is 21.0 Å². The highest BCUT2D eigenvalue weighted by Crippen LogP contribution is 2.44. The van der Waals surface area contributed by atoms with Gasteiger partial charge < -0.3 is 45.0 Å². The number of amides is 6. The SMILES string of the molecule is COC(=O)N[C@H](C(=O)N1CCC[C@H]1C(=O)Nc1ccc(-c2ccc(-c3ccc(NC(=O)[C@@H]4CCCN4C(=O)[C@@H](NC(=O)OC)C(C)C)cc3)c3c4ccc(o4)c23)cc1)C(C)C. The highest BCUT2D eigenvalue weighted by atomic mass is 16.5. The second-order valence-electron chi connectivity index (χ2n) is 16.3. The number of ether oxygens (including phenoxy) is 2. The molecule has 2 bridgehead atoms. The van der Waals surface area contributed by atoms with Crippen molar-refractivity contribution in [1.29, 1.82) is 0 Å². The van der Waals surface area contributed by atoms with Crippen molar-refractivity contribution in [3.05, 3.63) is 72.8 Å². The van der Waals surface area contributed by atoms with Crippen LogP contribution in [0.2, 0.25) is 0 Å². The number of hydrogen-bond acceptors (Lipinski definition) is 9. The minimum absolute atomic E-state index is 0.204. The van der Waals surface area contributed by atoms with Gasteiger partial charge in [0.25, 0.3) is 0 Å². The maximum atomic E-state index is 13.5. The van der Waals surface area contributed by atoms with Crippen molar-refractivity contribution in [3.63, 3.8) is 0 Å². The van der Waals surface area contributed by atoms with Gasteiger partial charge in [-0.15, -0.1) is 0 Å². The van der Waals surface area contributed by atoms with E-state index in [1.54, 1.807) is 9.80 Å². The first kappa shape index (κ1) is 42.5. The predicted octanol–water partition coefficient (Wildman–Crippen LogP) is 6.98. The topological polar surface area (TPSA) is 189 Å². The molecule has 6 amide bonds. The molecule has 61 heavy (non-hydrogen) atoms. The zero-order valence-electron chi connectivity index (χ0n) is 35.2. The van der Waals surface area contributed by atoms with Gasteiger partial charge in [0.1, 0.15) is 35.3 Å². The molecule has 2 fully saturated rings. The molecule has 5 aromatic rings. The van der Waals surface area contributed by atoms with Crippen LogP contribution in [0.25, 0.3) is 44.2 Å². The van der Waals surface area contributed by atoms with Gasteiger partial charge in [0, 0.05) is 35.2 Å². The monoisotopic (exact) mass is 832 g/mol. The molecule has 2 aliphatic rings. The van der Waals surface area contributed by atoms with Crippen molar-refractivity contribution in [1.82, 2.24) is 20.4 Å². The van der Waals surface area contributed by atoms with Crippen LogP contribution in [0.15, 0.2) is 77.2 Å². The molecule has 2 aliphatic heterocycles. The first-order valence-corrected chi connectivity index (χ1v) is 20.7. The van der Waals surface area contributed by atoms with Crippen LogP contribution in [0, 0.1) is 11.8 Å². The second-order valence-corrected chi connectivity index (χ2v) is 16.3. The average molecular weight is 833 g/mol. The van der Waals surface area contributed by atoms with E-state index in [0.717, 1.165) is 44.2 Å². The maximum absolute atomic E-state index is 13.5. The van der Waals surface area contributed by atoms with Crippen molar-refractivity contribution < 1.29 is 42.7 Å². The smallest absolute Gasteiger partial charge is 0.407 e. The van der Waals surface area contributed by atoms with Crippen molar-refractivity contribution in [3.8, 4) is 22.3 Å². The molecule has 7 rings (SSSR count). The van der Waals surface area contributed by atoms with E-state index in [1.165, 1.54) is 14.2 Å². The van der Waals surface area contributed by atoms with Gasteiger partial charge in [-0.05, 0) is 96.2 Å². The van der Waals surface area contributed by atoms with Gasteiger partial charge in [0.05, 0.1) is 14.2 Å². The number of carbonyl (C=O) groups is 6. The molecule has 0 saturated carbocycles. The zero-order chi connectivity index (χ0) is 43.5. The number of furan rings is 2. The largest absolute Gasteiger partial charge is 0.456 e. The molecule has 320 valence electrons. The zero-order valence-corrected chi connectivity index (χ0v) is 35.2. The van der Waals surface area contributed by atoms with Gasteiger partial charge in [0.15, 0.2) is 0 Å². The fourth-order valence-electron chi connectivity index (χ4n) is 8.48. The molecule has 2 aromatic heterocycles. The van der Waals surface area contributed by atoms with Crippen molar-refractivity contribution in [2.75, 3.05) is 37.9 Å². The van der Waals surface area contributed by atoms with Crippen LogP contribution >= 0.6 is 0 Å². The summed E-state index contributed by atoms with van der Waals surface area (Å²) in [6.07, 6.45) is 0.967. The van der Waals surface area contributed by atoms with E-state index in [4.69, 9.17) is 13.9 Å². The minimum Gasteiger partial charge on any atom is -0.456 e. The van der Waals surface area contributed by atoms with Crippen LogP contribution in [-0.4, -0.2) is 97.1 Å². The number of hydrogen-bond donors (Lipinski definition) is 4. The summed E-state index contributed by atoms with van der Waals surface area (Å²) in [5.41, 5.74) is 6.41. The quantitative estimate of drug-likeness (QED) is 0.103. The number of alkyl carbamates (subject to hydrolysis) is 2. The van der Waals surface area contributed by atoms with Crippen molar-refractivity contribution >= 4 is 69.1 Å². The number of likely N-dealkylation sites (tertiary alicyclic amines) is 2. The summed E-state index contributed by atoms with van der Waals surface area (Å²) in [6.45, 7) is 8.15. The molecule has 2 saturated heterocycles. The third-order valence-corrected chi connectivity index (χ3v) is 11.7. The van der Waals surface area contributed by atoms with Gasteiger partial charge in [-0.3, -0.25) is 19.2 Å². The summed E-state index contributed by atoms with van der Waals surface area (Å²) in [4.78, 5) is 81.0. The lowest BCUT2D eigenvalue weighted by Crippen LogP contribution is -2.54. The molecule has 0 aliphatic carbocycles. The maximum Gasteiger partial charge on any atom is 0.407 e. The fraction of sp³-hybridized carbons (Fsp3) is 0.391. The Hall–Kier alpha value is -6.64. The molecule has 4 N–H and O–H groups in total. The standard InChI is InChI=1S/C46H52N6O9/c1-25(2)39(49-45(57)59-5)43(55)51-23-7-9-33(51)41(53)47-29-15-11-27(12-16-29)31-19-20-32(38-36-22-21-35(61-36)37(31)38)28-13-17-30(18-14-28)48-42(54)34-10-8-24-52(34)44(56)40(26(3)4)50-46(58)60-6/h11-22,25-26,33-34,39-40H,7-10,23-24H2,1-6H3,(H,47,53)(H,48,54)(H,49,57)(H,50,58)/t33-,34-,39-,40-/m0/s1. The molecule has 0 spiro atoms. The van der Waals surface area contributed by atoms with Crippen molar-refractivity contribution in [2.24, 2.45) is 11.8 Å². The van der Waals surface area contributed by atoms with Gasteiger partial charge in [-0.2, -0.15) is 0 Å². The Kier molecular flexibility index (Phi) is 12.5. The predicted molar refractivity (Wildman–Crippen MR) is 231 cm³/mol. The first-order valence-electron chi connectivity index (χ1n) is 20.7. The lowest BCUT2D eigenvalue weighted by Gasteiger charge is -2.30. The molecule has 4 atom stereocenters. The Morgan fingerprint density at radius 3 is 1.30 bits per heavy atom. The van der Waals surface area contributed by atoms with Crippen LogP contribution in [0.3, 0.4) is 0 Å². The number of nitrogens with one attached hydrogen (secondary N) is 4. The van der Waals surface area contributed by atoms with Crippen LogP contribution in [0.5, 0.6) is 0 Å². The summed E-state index contributed by atoms with van der Waals surface area (Å²) in [6, 6.07) is 20.1. The van der Waals surface area contributed by atoms with E-state index >= 15 is 0 Å². The van der Waals surface area contributed by atoms with E-state index in [0.29, 0.717) is 50.1 Å². The number of benzene rings is 4. The number of fused-ring (bicyclic) bond motifs is 5. The molecule has 4 heterocycles. The number of nitrogens with zero attached hydrogens (tertiary/aromatic N) is 2. The summed E-state index contributed by atoms with van der Waals surface area (Å²) in [5.74, 6) is -1.63. The second kappa shape index (κ2) is 17.9. The number of rotatable bonds is 12. The minimum atomic E-state index is -0.818. The summed E-state index contributed by atoms with van der Waals surface area (Å²) >= 11 is 0. The summed E-state index contributed by atoms with van der Waals surface area (Å²) in [5, 5.41) is 13.1. The molecule has 15 heteroatoms. The Morgan fingerprint density at radius 2 is 0.951 bits per heavy atom. The molecule has 0 unspecified atom stereocenters. The summed E-state index contributed by atoms with van der Waals surface area (Å²) < 4.78 is 15.6. The van der Waals surface area contributed by atoms with Gasteiger partial charge in [-0.1, -0.05) is 64.1 Å². The first-order chi connectivity index (χ1) is 29.3. The van der Waals surface area contributed by atoms with Crippen LogP contribution < -0.4 is 21.3 Å². The van der Waals surface area contributed by atoms with Gasteiger partial charge >= 0.3 is 12.2 Å². The number of carbonyl (C=O) groups excluding carboxylic acids is 6. The molecular formula is C46H52N6O9. The van der Waals surface area contributed by atoms with E-state index in [2.05, 4.69) is 21.3 Å². The molecule has 0 radical (unpaired) electrons. The fourth-order valence-corrected chi connectivity index (χ4v) is 8.48. The van der Waals surface area contributed by atoms with Crippen molar-refractivity contribution in [2.45, 2.75) is 77.5 Å². The molecule has 15 nitrogen and oxygen atoms in total. The number of methoxy groups -OCH3 is 2.